The second kappa shape index (κ2) is 6.20. The number of hydrogen-bond acceptors (Lipinski definition) is 3. The van der Waals surface area contributed by atoms with Crippen LogP contribution in [-0.4, -0.2) is 24.8 Å². The number of halogens is 2. The fourth-order valence-corrected chi connectivity index (χ4v) is 5.23. The van der Waals surface area contributed by atoms with Gasteiger partial charge in [0.1, 0.15) is 0 Å². The van der Waals surface area contributed by atoms with Crippen LogP contribution in [0.2, 0.25) is 0 Å². The highest BCUT2D eigenvalue weighted by molar-refractivity contribution is 14.1. The fourth-order valence-electron chi connectivity index (χ4n) is 2.86. The van der Waals surface area contributed by atoms with Crippen molar-refractivity contribution in [3.8, 4) is 0 Å². The molecule has 0 unspecified atom stereocenters. The minimum atomic E-state index is -0.371. The summed E-state index contributed by atoms with van der Waals surface area (Å²) in [4.78, 5) is 10.9. The molecule has 0 radical (unpaired) electrons. The van der Waals surface area contributed by atoms with Crippen LogP contribution in [0.4, 0.5) is 0 Å². The number of carbonyl (C=O) groups excluding carboxylic acids is 1. The van der Waals surface area contributed by atoms with Crippen LogP contribution in [0.25, 0.3) is 0 Å². The van der Waals surface area contributed by atoms with E-state index in [-0.39, 0.29) is 16.6 Å². The van der Waals surface area contributed by atoms with Crippen molar-refractivity contribution >= 4 is 51.0 Å². The van der Waals surface area contributed by atoms with Crippen molar-refractivity contribution in [3.63, 3.8) is 0 Å². The number of Topliss-reactive ketones (excluding diaryl/α,β-unsaturated/α-hetero) is 1. The minimum absolute atomic E-state index is 0.119. The Hall–Kier alpha value is 0.530. The van der Waals surface area contributed by atoms with Gasteiger partial charge in [0, 0.05) is 16.4 Å². The molecule has 0 amide bonds. The maximum atomic E-state index is 10.9. The average molecular weight is 516 g/mol. The molecule has 118 valence electrons. The molecule has 1 saturated heterocycles. The molecular weight excluding hydrogens is 494 g/mol. The number of rotatable bonds is 0. The summed E-state index contributed by atoms with van der Waals surface area (Å²) < 4.78 is 13.4. The molecule has 3 rings (SSSR count). The van der Waals surface area contributed by atoms with Crippen molar-refractivity contribution < 1.29 is 14.3 Å². The second-order valence-corrected chi connectivity index (χ2v) is 9.51. The third kappa shape index (κ3) is 4.29. The Balaban J connectivity index is 0.000000161. The van der Waals surface area contributed by atoms with Crippen molar-refractivity contribution in [1.29, 1.82) is 0 Å². The predicted octanol–water partition coefficient (Wildman–Crippen LogP) is 4.78. The lowest BCUT2D eigenvalue weighted by molar-refractivity contribution is -0.126. The molecule has 21 heavy (non-hydrogen) atoms. The van der Waals surface area contributed by atoms with Gasteiger partial charge in [-0.2, -0.15) is 0 Å². The van der Waals surface area contributed by atoms with Gasteiger partial charge < -0.3 is 9.47 Å². The summed E-state index contributed by atoms with van der Waals surface area (Å²) in [5.41, 5.74) is 0.342. The van der Waals surface area contributed by atoms with Crippen molar-refractivity contribution in [2.24, 2.45) is 10.8 Å². The zero-order valence-corrected chi connectivity index (χ0v) is 17.3. The van der Waals surface area contributed by atoms with Crippen LogP contribution in [-0.2, 0) is 14.3 Å². The third-order valence-corrected chi connectivity index (χ3v) is 5.77. The summed E-state index contributed by atoms with van der Waals surface area (Å²) in [7, 11) is 0. The number of allylic oxidation sites excluding steroid dienone is 3. The summed E-state index contributed by atoms with van der Waals surface area (Å²) in [5.74, 6) is -0.0787. The lowest BCUT2D eigenvalue weighted by Crippen LogP contribution is -2.29. The van der Waals surface area contributed by atoms with Gasteiger partial charge in [-0.05, 0) is 56.0 Å². The van der Waals surface area contributed by atoms with Crippen LogP contribution in [0.5, 0.6) is 0 Å². The lowest BCUT2D eigenvalue weighted by Gasteiger charge is -2.25. The summed E-state index contributed by atoms with van der Waals surface area (Å²) >= 11 is 4.42. The standard InChI is InChI=1S/C9H13IO2.C7H9IO/c1-8(2)5-7(10)9(6-8)11-3-4-12-9;1-7(2)3-5(8)6(9)4-7/h5H,3-4,6H2,1-2H3;3H,4H2,1-2H3. The minimum Gasteiger partial charge on any atom is -0.343 e. The first kappa shape index (κ1) is 17.9. The van der Waals surface area contributed by atoms with E-state index in [9.17, 15) is 4.79 Å². The molecule has 1 heterocycles. The maximum Gasteiger partial charge on any atom is 0.201 e. The first-order valence-electron chi connectivity index (χ1n) is 7.14. The van der Waals surface area contributed by atoms with E-state index < -0.39 is 0 Å². The molecule has 0 aromatic heterocycles. The van der Waals surface area contributed by atoms with Crippen LogP contribution in [0, 0.1) is 10.8 Å². The van der Waals surface area contributed by atoms with E-state index in [0.29, 0.717) is 12.2 Å². The molecule has 0 bridgehead atoms. The Kier molecular flexibility index (Phi) is 5.28. The van der Waals surface area contributed by atoms with Gasteiger partial charge in [-0.3, -0.25) is 4.79 Å². The Morgan fingerprint density at radius 1 is 1.00 bits per heavy atom. The molecule has 3 aliphatic rings. The largest absolute Gasteiger partial charge is 0.343 e. The van der Waals surface area contributed by atoms with Crippen LogP contribution < -0.4 is 0 Å². The van der Waals surface area contributed by atoms with Gasteiger partial charge in [0.15, 0.2) is 5.78 Å². The van der Waals surface area contributed by atoms with E-state index in [2.05, 4.69) is 79.0 Å². The number of ether oxygens (including phenoxy) is 2. The van der Waals surface area contributed by atoms with Crippen molar-refractivity contribution in [2.75, 3.05) is 13.2 Å². The SMILES string of the molecule is CC1(C)C=C(I)C(=O)C1.CC1(C)C=C(I)C2(C1)OCCO2. The van der Waals surface area contributed by atoms with Crippen LogP contribution >= 0.6 is 45.2 Å². The normalized spacial score (nSPS) is 28.2. The molecule has 1 spiro atoms. The highest BCUT2D eigenvalue weighted by atomic mass is 127. The molecule has 0 atom stereocenters. The van der Waals surface area contributed by atoms with E-state index in [1.807, 2.05) is 6.08 Å². The Morgan fingerprint density at radius 2 is 1.57 bits per heavy atom. The van der Waals surface area contributed by atoms with Gasteiger partial charge in [0.05, 0.1) is 16.8 Å². The zero-order chi connectivity index (χ0) is 15.9. The molecule has 5 heteroatoms. The van der Waals surface area contributed by atoms with Crippen molar-refractivity contribution in [2.45, 2.75) is 46.3 Å². The Labute approximate surface area is 154 Å². The number of carbonyl (C=O) groups is 1. The fraction of sp³-hybridized carbons (Fsp3) is 0.688. The Bertz CT molecular complexity index is 498. The number of ketones is 1. The summed E-state index contributed by atoms with van der Waals surface area (Å²) in [6, 6.07) is 0. The number of hydrogen-bond donors (Lipinski definition) is 0. The van der Waals surface area contributed by atoms with Gasteiger partial charge in [-0.15, -0.1) is 0 Å². The van der Waals surface area contributed by atoms with E-state index in [1.54, 1.807) is 0 Å². The van der Waals surface area contributed by atoms with E-state index in [4.69, 9.17) is 9.47 Å². The Morgan fingerprint density at radius 3 is 1.86 bits per heavy atom. The van der Waals surface area contributed by atoms with Crippen LogP contribution in [0.15, 0.2) is 19.3 Å². The highest BCUT2D eigenvalue weighted by Gasteiger charge is 2.48. The summed E-state index contributed by atoms with van der Waals surface area (Å²) in [6.07, 6.45) is 5.93. The molecule has 1 fully saturated rings. The predicted molar refractivity (Wildman–Crippen MR) is 101 cm³/mol. The quantitative estimate of drug-likeness (QED) is 0.435. The van der Waals surface area contributed by atoms with E-state index >= 15 is 0 Å². The smallest absolute Gasteiger partial charge is 0.201 e. The van der Waals surface area contributed by atoms with Crippen molar-refractivity contribution in [1.82, 2.24) is 0 Å². The molecule has 1 aliphatic heterocycles. The first-order valence-corrected chi connectivity index (χ1v) is 9.29. The first-order chi connectivity index (χ1) is 9.55. The summed E-state index contributed by atoms with van der Waals surface area (Å²) in [5, 5.41) is 0. The topological polar surface area (TPSA) is 35.5 Å². The third-order valence-electron chi connectivity index (χ3n) is 3.72. The maximum absolute atomic E-state index is 10.9. The van der Waals surface area contributed by atoms with E-state index in [1.165, 1.54) is 3.58 Å². The van der Waals surface area contributed by atoms with E-state index in [0.717, 1.165) is 23.2 Å². The average Bonchev–Trinajstić information content (AvgIpc) is 2.90. The molecule has 0 aromatic rings. The van der Waals surface area contributed by atoms with Gasteiger partial charge in [-0.25, -0.2) is 0 Å². The van der Waals surface area contributed by atoms with Crippen molar-refractivity contribution in [3.05, 3.63) is 19.3 Å². The lowest BCUT2D eigenvalue weighted by atomic mass is 9.92. The van der Waals surface area contributed by atoms with Gasteiger partial charge in [-0.1, -0.05) is 39.8 Å². The molecule has 0 aromatic carbocycles. The molecule has 0 N–H and O–H groups in total. The van der Waals surface area contributed by atoms with Gasteiger partial charge >= 0.3 is 0 Å². The summed E-state index contributed by atoms with van der Waals surface area (Å²) in [6.45, 7) is 10.1. The molecule has 3 nitrogen and oxygen atoms in total. The van der Waals surface area contributed by atoms with Gasteiger partial charge in [0.2, 0.25) is 5.79 Å². The second-order valence-electron chi connectivity index (χ2n) is 7.19. The molecular formula is C16H22I2O3. The van der Waals surface area contributed by atoms with Crippen LogP contribution in [0.1, 0.15) is 40.5 Å². The van der Waals surface area contributed by atoms with Gasteiger partial charge in [0.25, 0.3) is 0 Å². The monoisotopic (exact) mass is 516 g/mol. The molecule has 2 aliphatic carbocycles. The highest BCUT2D eigenvalue weighted by Crippen LogP contribution is 2.49. The van der Waals surface area contributed by atoms with Crippen LogP contribution in [0.3, 0.4) is 0 Å². The zero-order valence-electron chi connectivity index (χ0n) is 13.0. The molecule has 0 saturated carbocycles.